The minimum absolute atomic E-state index is 0.0380. The number of Topliss-reactive ketones (excluding diaryl/α,β-unsaturated/α-hetero) is 1. The van der Waals surface area contributed by atoms with E-state index in [9.17, 15) is 9.59 Å². The molecule has 1 aliphatic carbocycles. The van der Waals surface area contributed by atoms with E-state index in [1.54, 1.807) is 30.4 Å². The summed E-state index contributed by atoms with van der Waals surface area (Å²) < 4.78 is 0.644. The molecule has 0 fully saturated rings. The Bertz CT molecular complexity index is 728. The summed E-state index contributed by atoms with van der Waals surface area (Å²) >= 11 is 3.31. The molecule has 0 aliphatic heterocycles. The molecule has 0 spiro atoms. The van der Waals surface area contributed by atoms with E-state index in [0.29, 0.717) is 26.9 Å². The van der Waals surface area contributed by atoms with Gasteiger partial charge in [0.05, 0.1) is 5.56 Å². The van der Waals surface area contributed by atoms with Gasteiger partial charge < -0.3 is 4.84 Å². The Kier molecular flexibility index (Phi) is 5.89. The first kappa shape index (κ1) is 18.3. The second-order valence-corrected chi connectivity index (χ2v) is 7.07. The van der Waals surface area contributed by atoms with Gasteiger partial charge in [0, 0.05) is 15.6 Å². The monoisotopic (exact) mass is 389 g/mol. The number of rotatable bonds is 4. The van der Waals surface area contributed by atoms with Crippen LogP contribution in [-0.2, 0) is 9.63 Å². The Balaban J connectivity index is 2.29. The number of hydrogen-bond acceptors (Lipinski definition) is 4. The van der Waals surface area contributed by atoms with E-state index in [4.69, 9.17) is 4.84 Å². The van der Waals surface area contributed by atoms with Gasteiger partial charge in [-0.2, -0.15) is 0 Å². The Morgan fingerprint density at radius 3 is 2.08 bits per heavy atom. The lowest BCUT2D eigenvalue weighted by Crippen LogP contribution is -2.21. The molecule has 0 heterocycles. The van der Waals surface area contributed by atoms with Crippen LogP contribution in [0.2, 0.25) is 0 Å². The van der Waals surface area contributed by atoms with Gasteiger partial charge in [-0.1, -0.05) is 45.0 Å². The summed E-state index contributed by atoms with van der Waals surface area (Å²) in [4.78, 5) is 29.6. The molecule has 0 N–H and O–H groups in total. The van der Waals surface area contributed by atoms with Crippen molar-refractivity contribution in [2.24, 2.45) is 17.0 Å². The number of carbonyl (C=O) groups excluding carboxylic acids is 2. The minimum atomic E-state index is -0.550. The minimum Gasteiger partial charge on any atom is -0.312 e. The van der Waals surface area contributed by atoms with Crippen molar-refractivity contribution >= 4 is 33.4 Å². The van der Waals surface area contributed by atoms with Gasteiger partial charge in [0.1, 0.15) is 5.71 Å². The van der Waals surface area contributed by atoms with Crippen molar-refractivity contribution < 1.29 is 14.4 Å². The lowest BCUT2D eigenvalue weighted by Gasteiger charge is -2.19. The molecule has 0 bridgehead atoms. The summed E-state index contributed by atoms with van der Waals surface area (Å²) in [6, 6.07) is 6.98. The van der Waals surface area contributed by atoms with Crippen LogP contribution in [0.3, 0.4) is 0 Å². The zero-order valence-electron chi connectivity index (χ0n) is 14.2. The maximum Gasteiger partial charge on any atom is 0.366 e. The quantitative estimate of drug-likeness (QED) is 0.425. The summed E-state index contributed by atoms with van der Waals surface area (Å²) in [6.45, 7) is 7.82. The summed E-state index contributed by atoms with van der Waals surface area (Å²) in [5, 5.41) is 3.94. The molecule has 1 aliphatic rings. The molecule has 2 rings (SSSR count). The van der Waals surface area contributed by atoms with Crippen molar-refractivity contribution in [2.45, 2.75) is 27.7 Å². The van der Waals surface area contributed by atoms with Crippen molar-refractivity contribution in [3.8, 4) is 0 Å². The number of ketones is 1. The predicted octanol–water partition coefficient (Wildman–Crippen LogP) is 4.71. The third-order valence-corrected chi connectivity index (χ3v) is 4.39. The van der Waals surface area contributed by atoms with Gasteiger partial charge in [0.2, 0.25) is 0 Å². The molecule has 5 heteroatoms. The fourth-order valence-electron chi connectivity index (χ4n) is 2.34. The number of carbonyl (C=O) groups is 2. The van der Waals surface area contributed by atoms with E-state index in [1.165, 1.54) is 0 Å². The average Bonchev–Trinajstić information content (AvgIpc) is 2.53. The fraction of sp³-hybridized carbons (Fsp3) is 0.316. The van der Waals surface area contributed by atoms with Gasteiger partial charge >= 0.3 is 5.97 Å². The second-order valence-electron chi connectivity index (χ2n) is 6.21. The molecule has 4 nitrogen and oxygen atoms in total. The number of halogens is 1. The molecule has 0 amide bonds. The van der Waals surface area contributed by atoms with Crippen LogP contribution in [-0.4, -0.2) is 17.5 Å². The molecule has 0 radical (unpaired) electrons. The van der Waals surface area contributed by atoms with E-state index in [1.807, 2.05) is 33.8 Å². The highest BCUT2D eigenvalue weighted by molar-refractivity contribution is 9.10. The maximum absolute atomic E-state index is 12.5. The fourth-order valence-corrected chi connectivity index (χ4v) is 2.79. The van der Waals surface area contributed by atoms with E-state index in [0.717, 1.165) is 0 Å². The van der Waals surface area contributed by atoms with Gasteiger partial charge in [-0.25, -0.2) is 4.79 Å². The third kappa shape index (κ3) is 4.09. The maximum atomic E-state index is 12.5. The number of nitrogens with zero attached hydrogens (tertiary/aromatic N) is 1. The molecule has 1 aromatic carbocycles. The van der Waals surface area contributed by atoms with E-state index < -0.39 is 5.97 Å². The van der Waals surface area contributed by atoms with Gasteiger partial charge in [-0.3, -0.25) is 4.79 Å². The first-order valence-electron chi connectivity index (χ1n) is 7.83. The first-order chi connectivity index (χ1) is 11.3. The van der Waals surface area contributed by atoms with Crippen LogP contribution in [0.5, 0.6) is 0 Å². The van der Waals surface area contributed by atoms with E-state index in [-0.39, 0.29) is 17.6 Å². The Morgan fingerprint density at radius 2 is 1.58 bits per heavy atom. The average molecular weight is 390 g/mol. The van der Waals surface area contributed by atoms with Crippen LogP contribution < -0.4 is 0 Å². The topological polar surface area (TPSA) is 55.7 Å². The highest BCUT2D eigenvalue weighted by atomic mass is 79.9. The van der Waals surface area contributed by atoms with Crippen LogP contribution in [0.15, 0.2) is 57.2 Å². The van der Waals surface area contributed by atoms with Crippen molar-refractivity contribution in [3.05, 3.63) is 57.6 Å². The van der Waals surface area contributed by atoms with Crippen molar-refractivity contribution in [2.75, 3.05) is 0 Å². The van der Waals surface area contributed by atoms with Crippen LogP contribution >= 0.6 is 15.9 Å². The Morgan fingerprint density at radius 1 is 1.04 bits per heavy atom. The van der Waals surface area contributed by atoms with Gasteiger partial charge in [0.25, 0.3) is 0 Å². The summed E-state index contributed by atoms with van der Waals surface area (Å²) in [5.41, 5.74) is 2.23. The molecule has 0 aromatic heterocycles. The second kappa shape index (κ2) is 7.71. The lowest BCUT2D eigenvalue weighted by atomic mass is 9.84. The predicted molar refractivity (Wildman–Crippen MR) is 97.8 cm³/mol. The van der Waals surface area contributed by atoms with Crippen molar-refractivity contribution in [1.29, 1.82) is 0 Å². The summed E-state index contributed by atoms with van der Waals surface area (Å²) in [6.07, 6.45) is 3.37. The molecule has 0 saturated heterocycles. The smallest absolute Gasteiger partial charge is 0.312 e. The van der Waals surface area contributed by atoms with Gasteiger partial charge in [-0.05, 0) is 52.1 Å². The SMILES string of the molecule is CC(C)C1=CC(=NOC(=O)c2ccccc2Br)C=C(C(C)C)C1=O. The molecule has 0 atom stereocenters. The molecule has 126 valence electrons. The van der Waals surface area contributed by atoms with Crippen LogP contribution in [0.1, 0.15) is 38.1 Å². The molecule has 1 aromatic rings. The van der Waals surface area contributed by atoms with E-state index in [2.05, 4.69) is 21.1 Å². The Hall–Kier alpha value is -2.01. The van der Waals surface area contributed by atoms with Crippen LogP contribution in [0.25, 0.3) is 0 Å². The first-order valence-corrected chi connectivity index (χ1v) is 8.62. The highest BCUT2D eigenvalue weighted by Crippen LogP contribution is 2.25. The third-order valence-electron chi connectivity index (χ3n) is 3.70. The summed E-state index contributed by atoms with van der Waals surface area (Å²) in [5.74, 6) is -0.366. The zero-order chi connectivity index (χ0) is 17.9. The molecule has 0 unspecified atom stereocenters. The highest BCUT2D eigenvalue weighted by Gasteiger charge is 2.25. The standard InChI is InChI=1S/C19H20BrNO3/c1-11(2)15-9-13(10-16(12(3)4)18(15)22)21-24-19(23)14-7-5-6-8-17(14)20/h5-12H,1-4H3. The molecule has 24 heavy (non-hydrogen) atoms. The lowest BCUT2D eigenvalue weighted by molar-refractivity contribution is -0.113. The number of hydrogen-bond donors (Lipinski definition) is 0. The zero-order valence-corrected chi connectivity index (χ0v) is 15.8. The van der Waals surface area contributed by atoms with E-state index >= 15 is 0 Å². The molecular weight excluding hydrogens is 370 g/mol. The van der Waals surface area contributed by atoms with Crippen molar-refractivity contribution in [3.63, 3.8) is 0 Å². The normalized spacial score (nSPS) is 14.6. The molecule has 0 saturated carbocycles. The molecular formula is C19H20BrNO3. The van der Waals surface area contributed by atoms with Crippen LogP contribution in [0.4, 0.5) is 0 Å². The van der Waals surface area contributed by atoms with Crippen molar-refractivity contribution in [1.82, 2.24) is 0 Å². The van der Waals surface area contributed by atoms with Gasteiger partial charge in [-0.15, -0.1) is 0 Å². The number of allylic oxidation sites excluding steroid dienone is 4. The van der Waals surface area contributed by atoms with Crippen LogP contribution in [0, 0.1) is 11.8 Å². The Labute approximate surface area is 150 Å². The number of benzene rings is 1. The van der Waals surface area contributed by atoms with Gasteiger partial charge in [0.15, 0.2) is 5.78 Å². The number of oxime groups is 1. The summed E-state index contributed by atoms with van der Waals surface area (Å²) in [7, 11) is 0. The largest absolute Gasteiger partial charge is 0.366 e.